The first kappa shape index (κ1) is 22.2. The topological polar surface area (TPSA) is 79.7 Å². The number of hydrogen-bond acceptors (Lipinski definition) is 6. The minimum Gasteiger partial charge on any atom is -0.503 e. The molecule has 2 heterocycles. The molecule has 0 saturated carbocycles. The third-order valence-corrected chi connectivity index (χ3v) is 6.36. The van der Waals surface area contributed by atoms with Gasteiger partial charge in [0.25, 0.3) is 5.91 Å². The van der Waals surface area contributed by atoms with Gasteiger partial charge in [0.15, 0.2) is 5.76 Å². The van der Waals surface area contributed by atoms with Crippen LogP contribution in [0.25, 0.3) is 0 Å². The number of Topliss-reactive ketones (excluding diaryl/α,β-unsaturated/α-hetero) is 1. The SMILES string of the molecule is COCCN1C(=O)C(O)=C(C(=O)c2sc(C)nc2C)C1c1ccc(C(C)(C)C)cc1. The second kappa shape index (κ2) is 8.32. The maximum Gasteiger partial charge on any atom is 0.290 e. The Morgan fingerprint density at radius 1 is 1.23 bits per heavy atom. The second-order valence-electron chi connectivity index (χ2n) is 8.50. The molecule has 1 aromatic heterocycles. The van der Waals surface area contributed by atoms with Crippen LogP contribution in [0.3, 0.4) is 0 Å². The van der Waals surface area contributed by atoms with Gasteiger partial charge in [0, 0.05) is 13.7 Å². The molecule has 1 unspecified atom stereocenters. The van der Waals surface area contributed by atoms with E-state index in [0.717, 1.165) is 16.1 Å². The van der Waals surface area contributed by atoms with Gasteiger partial charge in [0.1, 0.15) is 0 Å². The van der Waals surface area contributed by atoms with Crippen LogP contribution < -0.4 is 0 Å². The lowest BCUT2D eigenvalue weighted by molar-refractivity contribution is -0.130. The first-order valence-corrected chi connectivity index (χ1v) is 10.7. The highest BCUT2D eigenvalue weighted by molar-refractivity contribution is 7.14. The number of ether oxygens (including phenoxy) is 1. The zero-order chi connectivity index (χ0) is 22.2. The van der Waals surface area contributed by atoms with Crippen LogP contribution in [0.5, 0.6) is 0 Å². The van der Waals surface area contributed by atoms with Gasteiger partial charge in [-0.15, -0.1) is 11.3 Å². The normalized spacial score (nSPS) is 17.2. The maximum atomic E-state index is 13.4. The lowest BCUT2D eigenvalue weighted by Crippen LogP contribution is -2.34. The van der Waals surface area contributed by atoms with Crippen molar-refractivity contribution in [2.45, 2.75) is 46.1 Å². The van der Waals surface area contributed by atoms with Crippen LogP contribution in [0.1, 0.15) is 58.3 Å². The van der Waals surface area contributed by atoms with Crippen LogP contribution in [0.4, 0.5) is 0 Å². The lowest BCUT2D eigenvalue weighted by atomic mass is 9.85. The molecular formula is C23H28N2O4S. The standard InChI is InChI=1S/C23H28N2O4S/c1-13-21(30-14(2)24-13)19(26)17-18(25(11-12-29-6)22(28)20(17)27)15-7-9-16(10-8-15)23(3,4)5/h7-10,18,27H,11-12H2,1-6H3. The van der Waals surface area contributed by atoms with Crippen molar-refractivity contribution in [3.8, 4) is 0 Å². The minimum atomic E-state index is -0.670. The zero-order valence-corrected chi connectivity index (χ0v) is 19.1. The van der Waals surface area contributed by atoms with Crippen molar-refractivity contribution in [3.05, 3.63) is 62.3 Å². The van der Waals surface area contributed by atoms with Gasteiger partial charge in [-0.1, -0.05) is 45.0 Å². The van der Waals surface area contributed by atoms with E-state index in [2.05, 4.69) is 25.8 Å². The number of methoxy groups -OCH3 is 1. The Kier molecular flexibility index (Phi) is 6.15. The van der Waals surface area contributed by atoms with E-state index in [1.165, 1.54) is 16.2 Å². The van der Waals surface area contributed by atoms with Gasteiger partial charge >= 0.3 is 0 Å². The Labute approximate surface area is 181 Å². The van der Waals surface area contributed by atoms with Crippen LogP contribution in [0.2, 0.25) is 0 Å². The number of aliphatic hydroxyl groups is 1. The third-order valence-electron chi connectivity index (χ3n) is 5.29. The van der Waals surface area contributed by atoms with Crippen molar-refractivity contribution in [3.63, 3.8) is 0 Å². The molecule has 1 N–H and O–H groups in total. The van der Waals surface area contributed by atoms with E-state index >= 15 is 0 Å². The average molecular weight is 429 g/mol. The zero-order valence-electron chi connectivity index (χ0n) is 18.3. The monoisotopic (exact) mass is 428 g/mol. The fourth-order valence-electron chi connectivity index (χ4n) is 3.68. The van der Waals surface area contributed by atoms with Crippen molar-refractivity contribution in [2.75, 3.05) is 20.3 Å². The van der Waals surface area contributed by atoms with Crippen LogP contribution >= 0.6 is 11.3 Å². The number of nitrogens with zero attached hydrogens (tertiary/aromatic N) is 2. The Morgan fingerprint density at radius 2 is 1.87 bits per heavy atom. The molecule has 0 bridgehead atoms. The van der Waals surface area contributed by atoms with E-state index in [4.69, 9.17) is 4.74 Å². The first-order chi connectivity index (χ1) is 14.1. The summed E-state index contributed by atoms with van der Waals surface area (Å²) in [5.41, 5.74) is 2.61. The van der Waals surface area contributed by atoms with E-state index in [-0.39, 0.29) is 23.3 Å². The van der Waals surface area contributed by atoms with Crippen molar-refractivity contribution in [2.24, 2.45) is 0 Å². The number of aryl methyl sites for hydroxylation is 2. The number of hydrogen-bond donors (Lipinski definition) is 1. The molecule has 160 valence electrons. The lowest BCUT2D eigenvalue weighted by Gasteiger charge is -2.27. The Hall–Kier alpha value is -2.51. The average Bonchev–Trinajstić information content (AvgIpc) is 3.15. The molecule has 0 aliphatic carbocycles. The largest absolute Gasteiger partial charge is 0.503 e. The maximum absolute atomic E-state index is 13.4. The Bertz CT molecular complexity index is 999. The fraction of sp³-hybridized carbons (Fsp3) is 0.435. The summed E-state index contributed by atoms with van der Waals surface area (Å²) in [7, 11) is 1.55. The highest BCUT2D eigenvalue weighted by Gasteiger charge is 2.44. The van der Waals surface area contributed by atoms with Crippen LogP contribution in [-0.4, -0.2) is 46.9 Å². The molecule has 0 spiro atoms. The van der Waals surface area contributed by atoms with E-state index in [1.807, 2.05) is 31.2 Å². The molecule has 30 heavy (non-hydrogen) atoms. The Morgan fingerprint density at radius 3 is 2.37 bits per heavy atom. The highest BCUT2D eigenvalue weighted by Crippen LogP contribution is 2.40. The molecule has 2 aromatic rings. The van der Waals surface area contributed by atoms with E-state index in [0.29, 0.717) is 17.2 Å². The number of carbonyl (C=O) groups is 2. The molecule has 3 rings (SSSR count). The minimum absolute atomic E-state index is 0.0202. The summed E-state index contributed by atoms with van der Waals surface area (Å²) in [6, 6.07) is 7.20. The molecule has 7 heteroatoms. The third kappa shape index (κ3) is 4.04. The number of ketones is 1. The summed E-state index contributed by atoms with van der Waals surface area (Å²) in [4.78, 5) is 32.5. The molecule has 0 saturated heterocycles. The van der Waals surface area contributed by atoms with Crippen LogP contribution in [-0.2, 0) is 14.9 Å². The molecule has 0 fully saturated rings. The molecule has 1 aliphatic heterocycles. The summed E-state index contributed by atoms with van der Waals surface area (Å²) in [5.74, 6) is -1.40. The quantitative estimate of drug-likeness (QED) is 0.695. The summed E-state index contributed by atoms with van der Waals surface area (Å²) in [5, 5.41) is 11.4. The first-order valence-electron chi connectivity index (χ1n) is 9.88. The van der Waals surface area contributed by atoms with Crippen molar-refractivity contribution >= 4 is 23.0 Å². The van der Waals surface area contributed by atoms with E-state index in [1.54, 1.807) is 14.0 Å². The summed E-state index contributed by atoms with van der Waals surface area (Å²) in [6.45, 7) is 10.5. The predicted molar refractivity (Wildman–Crippen MR) is 117 cm³/mol. The molecule has 1 amide bonds. The highest BCUT2D eigenvalue weighted by atomic mass is 32.1. The molecule has 1 aliphatic rings. The summed E-state index contributed by atoms with van der Waals surface area (Å²) >= 11 is 1.27. The number of aliphatic hydroxyl groups excluding tert-OH is 1. The number of rotatable bonds is 6. The number of benzene rings is 1. The van der Waals surface area contributed by atoms with Gasteiger partial charge in [-0.25, -0.2) is 4.98 Å². The summed E-state index contributed by atoms with van der Waals surface area (Å²) in [6.07, 6.45) is 0. The number of aromatic nitrogens is 1. The van der Waals surface area contributed by atoms with E-state index < -0.39 is 17.7 Å². The Balaban J connectivity index is 2.09. The van der Waals surface area contributed by atoms with Gasteiger partial charge in [0.2, 0.25) is 5.78 Å². The van der Waals surface area contributed by atoms with E-state index in [9.17, 15) is 14.7 Å². The predicted octanol–water partition coefficient (Wildman–Crippen LogP) is 4.28. The summed E-state index contributed by atoms with van der Waals surface area (Å²) < 4.78 is 5.15. The molecule has 6 nitrogen and oxygen atoms in total. The van der Waals surface area contributed by atoms with Crippen molar-refractivity contribution in [1.29, 1.82) is 0 Å². The van der Waals surface area contributed by atoms with Crippen LogP contribution in [0.15, 0.2) is 35.6 Å². The molecule has 1 aromatic carbocycles. The molecule has 0 radical (unpaired) electrons. The number of amides is 1. The molecular weight excluding hydrogens is 400 g/mol. The number of thiazole rings is 1. The fourth-order valence-corrected chi connectivity index (χ4v) is 4.56. The van der Waals surface area contributed by atoms with Crippen molar-refractivity contribution in [1.82, 2.24) is 9.88 Å². The van der Waals surface area contributed by atoms with Gasteiger partial charge in [0.05, 0.1) is 33.8 Å². The van der Waals surface area contributed by atoms with Crippen molar-refractivity contribution < 1.29 is 19.4 Å². The number of carbonyl (C=O) groups excluding carboxylic acids is 2. The smallest absolute Gasteiger partial charge is 0.290 e. The molecule has 1 atom stereocenters. The van der Waals surface area contributed by atoms with Gasteiger partial charge < -0.3 is 14.7 Å². The van der Waals surface area contributed by atoms with Crippen LogP contribution in [0, 0.1) is 13.8 Å². The van der Waals surface area contributed by atoms with Gasteiger partial charge in [-0.05, 0) is 30.4 Å². The second-order valence-corrected chi connectivity index (χ2v) is 9.71. The van der Waals surface area contributed by atoms with Gasteiger partial charge in [-0.2, -0.15) is 0 Å². The van der Waals surface area contributed by atoms with Gasteiger partial charge in [-0.3, -0.25) is 9.59 Å².